The largest absolute Gasteiger partial charge is 0.322 e. The first-order valence-electron chi connectivity index (χ1n) is 7.90. The Kier molecular flexibility index (Phi) is 6.15. The second-order valence-corrected chi connectivity index (χ2v) is 8.62. The predicted molar refractivity (Wildman–Crippen MR) is 113 cm³/mol. The Labute approximate surface area is 177 Å². The SMILES string of the molecule is O=C(Nc1cccc(S(=O)(=O)Nc2ccccc2Cl)c1)c1cc(Cl)ccc1Cl. The van der Waals surface area contributed by atoms with Crippen LogP contribution in [0.4, 0.5) is 11.4 Å². The Morgan fingerprint density at radius 1 is 0.821 bits per heavy atom. The number of benzene rings is 3. The van der Waals surface area contributed by atoms with Gasteiger partial charge in [0.05, 0.1) is 26.2 Å². The maximum absolute atomic E-state index is 12.6. The van der Waals surface area contributed by atoms with Crippen LogP contribution in [-0.4, -0.2) is 14.3 Å². The highest BCUT2D eigenvalue weighted by atomic mass is 35.5. The zero-order valence-electron chi connectivity index (χ0n) is 14.1. The molecule has 28 heavy (non-hydrogen) atoms. The summed E-state index contributed by atoms with van der Waals surface area (Å²) < 4.78 is 27.7. The Hall–Kier alpha value is -2.25. The number of rotatable bonds is 5. The van der Waals surface area contributed by atoms with Crippen LogP contribution in [0, 0.1) is 0 Å². The van der Waals surface area contributed by atoms with Crippen molar-refractivity contribution in [3.8, 4) is 0 Å². The lowest BCUT2D eigenvalue weighted by molar-refractivity contribution is 0.102. The van der Waals surface area contributed by atoms with Crippen molar-refractivity contribution in [3.05, 3.63) is 87.4 Å². The van der Waals surface area contributed by atoms with E-state index in [4.69, 9.17) is 34.8 Å². The molecule has 0 saturated heterocycles. The summed E-state index contributed by atoms with van der Waals surface area (Å²) >= 11 is 17.9. The summed E-state index contributed by atoms with van der Waals surface area (Å²) in [5.41, 5.74) is 0.712. The van der Waals surface area contributed by atoms with Crippen molar-refractivity contribution in [2.24, 2.45) is 0 Å². The van der Waals surface area contributed by atoms with E-state index in [-0.39, 0.29) is 31.9 Å². The van der Waals surface area contributed by atoms with Gasteiger partial charge < -0.3 is 5.32 Å². The quantitative estimate of drug-likeness (QED) is 0.518. The van der Waals surface area contributed by atoms with Gasteiger partial charge in [0.25, 0.3) is 15.9 Å². The van der Waals surface area contributed by atoms with Crippen LogP contribution in [0.5, 0.6) is 0 Å². The maximum atomic E-state index is 12.6. The normalized spacial score (nSPS) is 11.1. The van der Waals surface area contributed by atoms with E-state index in [9.17, 15) is 13.2 Å². The van der Waals surface area contributed by atoms with Crippen LogP contribution in [0.2, 0.25) is 15.1 Å². The third kappa shape index (κ3) is 4.77. The van der Waals surface area contributed by atoms with Gasteiger partial charge >= 0.3 is 0 Å². The molecule has 0 fully saturated rings. The molecule has 0 aromatic heterocycles. The highest BCUT2D eigenvalue weighted by molar-refractivity contribution is 7.92. The lowest BCUT2D eigenvalue weighted by Gasteiger charge is -2.11. The number of halogens is 3. The van der Waals surface area contributed by atoms with Crippen molar-refractivity contribution in [3.63, 3.8) is 0 Å². The number of para-hydroxylation sites is 1. The van der Waals surface area contributed by atoms with Crippen molar-refractivity contribution >= 4 is 62.1 Å². The topological polar surface area (TPSA) is 75.3 Å². The molecule has 144 valence electrons. The fourth-order valence-corrected chi connectivity index (χ4v) is 4.10. The Balaban J connectivity index is 1.85. The Bertz CT molecular complexity index is 1150. The second-order valence-electron chi connectivity index (χ2n) is 5.69. The number of nitrogens with one attached hydrogen (secondary N) is 2. The van der Waals surface area contributed by atoms with Gasteiger partial charge in [-0.3, -0.25) is 9.52 Å². The van der Waals surface area contributed by atoms with Gasteiger partial charge in [-0.05, 0) is 48.5 Å². The molecule has 0 saturated carbocycles. The summed E-state index contributed by atoms with van der Waals surface area (Å²) in [7, 11) is -3.91. The van der Waals surface area contributed by atoms with Gasteiger partial charge in [-0.1, -0.05) is 53.0 Å². The van der Waals surface area contributed by atoms with Crippen LogP contribution in [0.25, 0.3) is 0 Å². The van der Waals surface area contributed by atoms with Crippen molar-refractivity contribution in [1.82, 2.24) is 0 Å². The number of hydrogen-bond acceptors (Lipinski definition) is 3. The van der Waals surface area contributed by atoms with Gasteiger partial charge in [0.1, 0.15) is 0 Å². The van der Waals surface area contributed by atoms with Crippen LogP contribution in [-0.2, 0) is 10.0 Å². The zero-order valence-corrected chi connectivity index (χ0v) is 17.2. The predicted octanol–water partition coefficient (Wildman–Crippen LogP) is 5.70. The molecule has 1 amide bonds. The van der Waals surface area contributed by atoms with Crippen molar-refractivity contribution in [2.45, 2.75) is 4.90 Å². The molecule has 0 atom stereocenters. The van der Waals surface area contributed by atoms with Gasteiger partial charge in [0, 0.05) is 10.7 Å². The van der Waals surface area contributed by atoms with E-state index in [1.54, 1.807) is 36.4 Å². The summed E-state index contributed by atoms with van der Waals surface area (Å²) in [5, 5.41) is 3.47. The fourth-order valence-electron chi connectivity index (χ4n) is 2.36. The van der Waals surface area contributed by atoms with Crippen LogP contribution in [0.15, 0.2) is 71.6 Å². The molecule has 0 bridgehead atoms. The van der Waals surface area contributed by atoms with E-state index in [0.717, 1.165) is 0 Å². The number of hydrogen-bond donors (Lipinski definition) is 2. The van der Waals surface area contributed by atoms with Crippen LogP contribution in [0.3, 0.4) is 0 Å². The van der Waals surface area contributed by atoms with E-state index in [2.05, 4.69) is 10.0 Å². The molecule has 3 rings (SSSR count). The summed E-state index contributed by atoms with van der Waals surface area (Å²) in [6, 6.07) is 16.8. The van der Waals surface area contributed by atoms with Gasteiger partial charge in [-0.2, -0.15) is 0 Å². The molecule has 9 heteroatoms. The first-order valence-corrected chi connectivity index (χ1v) is 10.5. The highest BCUT2D eigenvalue weighted by Crippen LogP contribution is 2.26. The molecule has 0 unspecified atom stereocenters. The molecule has 0 spiro atoms. The van der Waals surface area contributed by atoms with Crippen molar-refractivity contribution < 1.29 is 13.2 Å². The third-order valence-corrected chi connectivity index (χ3v) is 5.95. The van der Waals surface area contributed by atoms with E-state index in [1.807, 2.05) is 0 Å². The van der Waals surface area contributed by atoms with E-state index < -0.39 is 15.9 Å². The minimum atomic E-state index is -3.91. The number of amides is 1. The first-order chi connectivity index (χ1) is 13.3. The average molecular weight is 456 g/mol. The molecule has 5 nitrogen and oxygen atoms in total. The van der Waals surface area contributed by atoms with Crippen LogP contribution < -0.4 is 10.0 Å². The summed E-state index contributed by atoms with van der Waals surface area (Å²) in [6.45, 7) is 0. The Morgan fingerprint density at radius 2 is 1.57 bits per heavy atom. The molecule has 0 aliphatic carbocycles. The van der Waals surface area contributed by atoms with Gasteiger partial charge in [0.15, 0.2) is 0 Å². The zero-order chi connectivity index (χ0) is 20.3. The van der Waals surface area contributed by atoms with E-state index in [0.29, 0.717) is 5.02 Å². The van der Waals surface area contributed by atoms with Crippen molar-refractivity contribution in [1.29, 1.82) is 0 Å². The summed E-state index contributed by atoms with van der Waals surface area (Å²) in [5.74, 6) is -0.513. The monoisotopic (exact) mass is 454 g/mol. The van der Waals surface area contributed by atoms with E-state index in [1.165, 1.54) is 30.3 Å². The molecule has 0 heterocycles. The molecule has 3 aromatic carbocycles. The maximum Gasteiger partial charge on any atom is 0.262 e. The minimum Gasteiger partial charge on any atom is -0.322 e. The number of anilines is 2. The molecule has 0 radical (unpaired) electrons. The summed E-state index contributed by atoms with van der Waals surface area (Å²) in [6.07, 6.45) is 0. The number of carbonyl (C=O) groups is 1. The van der Waals surface area contributed by atoms with Crippen LogP contribution >= 0.6 is 34.8 Å². The molecule has 0 aliphatic rings. The highest BCUT2D eigenvalue weighted by Gasteiger charge is 2.17. The number of sulfonamides is 1. The van der Waals surface area contributed by atoms with Gasteiger partial charge in [-0.25, -0.2) is 8.42 Å². The molecule has 3 aromatic rings. The first kappa shape index (κ1) is 20.5. The molecular weight excluding hydrogens is 443 g/mol. The minimum absolute atomic E-state index is 0.0394. The van der Waals surface area contributed by atoms with Crippen molar-refractivity contribution in [2.75, 3.05) is 10.0 Å². The fraction of sp³-hybridized carbons (Fsp3) is 0. The Morgan fingerprint density at radius 3 is 2.32 bits per heavy atom. The van der Waals surface area contributed by atoms with Crippen LogP contribution in [0.1, 0.15) is 10.4 Å². The smallest absolute Gasteiger partial charge is 0.262 e. The van der Waals surface area contributed by atoms with Gasteiger partial charge in [-0.15, -0.1) is 0 Å². The van der Waals surface area contributed by atoms with E-state index >= 15 is 0 Å². The third-order valence-electron chi connectivity index (χ3n) is 3.69. The summed E-state index contributed by atoms with van der Waals surface area (Å²) in [4.78, 5) is 12.4. The standard InChI is InChI=1S/C19H13Cl3N2O3S/c20-12-8-9-16(21)15(10-12)19(25)23-13-4-3-5-14(11-13)28(26,27)24-18-7-2-1-6-17(18)22/h1-11,24H,(H,23,25). The molecular formula is C19H13Cl3N2O3S. The number of carbonyl (C=O) groups excluding carboxylic acids is 1. The lowest BCUT2D eigenvalue weighted by atomic mass is 10.2. The molecule has 0 aliphatic heterocycles. The van der Waals surface area contributed by atoms with Gasteiger partial charge in [0.2, 0.25) is 0 Å². The second kappa shape index (κ2) is 8.41. The molecule has 2 N–H and O–H groups in total. The average Bonchev–Trinajstić information content (AvgIpc) is 2.65. The lowest BCUT2D eigenvalue weighted by Crippen LogP contribution is -2.15.